The number of hydrogen-bond acceptors (Lipinski definition) is 5. The fourth-order valence-corrected chi connectivity index (χ4v) is 3.85. The number of unbranched alkanes of at least 4 members (excludes halogenated alkanes) is 4. The molecule has 0 spiro atoms. The number of carbonyl (C=O) groups excluding carboxylic acids is 2. The van der Waals surface area contributed by atoms with E-state index in [0.29, 0.717) is 12.8 Å². The average molecular weight is 383 g/mol. The van der Waals surface area contributed by atoms with Crippen LogP contribution in [0.2, 0.25) is 0 Å². The van der Waals surface area contributed by atoms with E-state index < -0.39 is 11.7 Å². The highest BCUT2D eigenvalue weighted by molar-refractivity contribution is 5.84. The zero-order valence-electron chi connectivity index (χ0n) is 17.0. The van der Waals surface area contributed by atoms with Gasteiger partial charge in [0.15, 0.2) is 5.78 Å². The van der Waals surface area contributed by atoms with Gasteiger partial charge in [-0.15, -0.1) is 0 Å². The smallest absolute Gasteiger partial charge is 0.158 e. The van der Waals surface area contributed by atoms with Gasteiger partial charge >= 0.3 is 0 Å². The van der Waals surface area contributed by atoms with E-state index in [9.17, 15) is 19.8 Å². The number of aliphatic hydroxyl groups excluding tert-OH is 2. The average Bonchev–Trinajstić information content (AvgIpc) is 2.89. The Hall–Kier alpha value is -1.04. The molecule has 27 heavy (non-hydrogen) atoms. The third kappa shape index (κ3) is 9.13. The van der Waals surface area contributed by atoms with E-state index in [4.69, 9.17) is 5.11 Å². The summed E-state index contributed by atoms with van der Waals surface area (Å²) in [5, 5.41) is 29.3. The standard InChI is InChI=1S/C22H38O5/c1-3-4-13-22(2,27)14-9-12-19-18(20(25)15-21(19)26)11-8-6-5-7-10-17(24)16-23/h9,12,18-19,21,23,26-27H,3-8,10-11,13-16H2,1-2H3. The maximum Gasteiger partial charge on any atom is 0.158 e. The lowest BCUT2D eigenvalue weighted by atomic mass is 9.87. The lowest BCUT2D eigenvalue weighted by molar-refractivity contribution is -0.122. The highest BCUT2D eigenvalue weighted by Gasteiger charge is 2.39. The van der Waals surface area contributed by atoms with Gasteiger partial charge in [0.1, 0.15) is 12.4 Å². The van der Waals surface area contributed by atoms with E-state index >= 15 is 0 Å². The van der Waals surface area contributed by atoms with Crippen LogP contribution >= 0.6 is 0 Å². The lowest BCUT2D eigenvalue weighted by Gasteiger charge is -2.22. The second-order valence-corrected chi connectivity index (χ2v) is 8.30. The Morgan fingerprint density at radius 2 is 1.93 bits per heavy atom. The molecule has 3 N–H and O–H groups in total. The van der Waals surface area contributed by atoms with Crippen molar-refractivity contribution in [3.8, 4) is 0 Å². The zero-order chi connectivity index (χ0) is 20.3. The van der Waals surface area contributed by atoms with Crippen molar-refractivity contribution in [3.63, 3.8) is 0 Å². The van der Waals surface area contributed by atoms with Crippen LogP contribution < -0.4 is 0 Å². The van der Waals surface area contributed by atoms with Gasteiger partial charge in [-0.05, 0) is 32.6 Å². The third-order valence-electron chi connectivity index (χ3n) is 5.61. The molecule has 0 heterocycles. The molecule has 0 bridgehead atoms. The quantitative estimate of drug-likeness (QED) is 0.316. The van der Waals surface area contributed by atoms with Gasteiger partial charge < -0.3 is 15.3 Å². The summed E-state index contributed by atoms with van der Waals surface area (Å²) in [6.07, 6.45) is 11.5. The summed E-state index contributed by atoms with van der Waals surface area (Å²) in [6, 6.07) is 0. The molecule has 4 atom stereocenters. The van der Waals surface area contributed by atoms with Crippen molar-refractivity contribution < 1.29 is 24.9 Å². The van der Waals surface area contributed by atoms with Crippen molar-refractivity contribution in [2.24, 2.45) is 11.8 Å². The minimum Gasteiger partial charge on any atom is -0.392 e. The molecule has 0 radical (unpaired) electrons. The van der Waals surface area contributed by atoms with Crippen molar-refractivity contribution in [3.05, 3.63) is 12.2 Å². The van der Waals surface area contributed by atoms with Crippen LogP contribution in [0.5, 0.6) is 0 Å². The van der Waals surface area contributed by atoms with Gasteiger partial charge in [0.2, 0.25) is 0 Å². The summed E-state index contributed by atoms with van der Waals surface area (Å²) in [7, 11) is 0. The Labute approximate surface area is 163 Å². The van der Waals surface area contributed by atoms with E-state index in [1.165, 1.54) is 0 Å². The number of aliphatic hydroxyl groups is 3. The van der Waals surface area contributed by atoms with Gasteiger partial charge in [0.25, 0.3) is 0 Å². The molecule has 0 amide bonds. The highest BCUT2D eigenvalue weighted by atomic mass is 16.3. The van der Waals surface area contributed by atoms with Crippen molar-refractivity contribution in [2.75, 3.05) is 6.61 Å². The number of carbonyl (C=O) groups is 2. The molecular weight excluding hydrogens is 344 g/mol. The van der Waals surface area contributed by atoms with Gasteiger partial charge in [-0.3, -0.25) is 9.59 Å². The molecule has 0 aromatic carbocycles. The second kappa shape index (κ2) is 12.4. The predicted molar refractivity (Wildman–Crippen MR) is 106 cm³/mol. The van der Waals surface area contributed by atoms with Crippen molar-refractivity contribution in [1.82, 2.24) is 0 Å². The normalized spacial score (nSPS) is 25.2. The zero-order valence-corrected chi connectivity index (χ0v) is 17.0. The number of Topliss-reactive ketones (excluding diaryl/α,β-unsaturated/α-hetero) is 2. The van der Waals surface area contributed by atoms with E-state index in [1.54, 1.807) is 0 Å². The van der Waals surface area contributed by atoms with Crippen LogP contribution in [-0.4, -0.2) is 45.2 Å². The molecule has 1 aliphatic rings. The van der Waals surface area contributed by atoms with Gasteiger partial charge in [-0.2, -0.15) is 0 Å². The van der Waals surface area contributed by atoms with Crippen LogP contribution in [0.1, 0.15) is 84.5 Å². The first-order valence-electron chi connectivity index (χ1n) is 10.5. The Morgan fingerprint density at radius 3 is 2.59 bits per heavy atom. The first kappa shape index (κ1) is 24.0. The summed E-state index contributed by atoms with van der Waals surface area (Å²) in [4.78, 5) is 23.3. The Kier molecular flexibility index (Phi) is 11.0. The first-order valence-corrected chi connectivity index (χ1v) is 10.5. The van der Waals surface area contributed by atoms with Gasteiger partial charge in [0.05, 0.1) is 11.7 Å². The van der Waals surface area contributed by atoms with Crippen molar-refractivity contribution in [1.29, 1.82) is 0 Å². The molecule has 1 saturated carbocycles. The van der Waals surface area contributed by atoms with Crippen LogP contribution in [0, 0.1) is 11.8 Å². The molecule has 156 valence electrons. The largest absolute Gasteiger partial charge is 0.392 e. The van der Waals surface area contributed by atoms with E-state index in [0.717, 1.165) is 51.4 Å². The molecule has 0 aromatic rings. The molecule has 5 heteroatoms. The van der Waals surface area contributed by atoms with Crippen molar-refractivity contribution >= 4 is 11.6 Å². The molecule has 4 unspecified atom stereocenters. The summed E-state index contributed by atoms with van der Waals surface area (Å²) in [5.74, 6) is -0.291. The maximum absolute atomic E-state index is 12.2. The number of ketones is 2. The summed E-state index contributed by atoms with van der Waals surface area (Å²) >= 11 is 0. The van der Waals surface area contributed by atoms with Crippen LogP contribution in [0.3, 0.4) is 0 Å². The van der Waals surface area contributed by atoms with Gasteiger partial charge in [-0.25, -0.2) is 0 Å². The topological polar surface area (TPSA) is 94.8 Å². The third-order valence-corrected chi connectivity index (χ3v) is 5.61. The Bertz CT molecular complexity index is 483. The Morgan fingerprint density at radius 1 is 1.22 bits per heavy atom. The van der Waals surface area contributed by atoms with Gasteiger partial charge in [0, 0.05) is 24.7 Å². The van der Waals surface area contributed by atoms with Crippen LogP contribution in [-0.2, 0) is 9.59 Å². The molecule has 0 saturated heterocycles. The molecule has 1 aliphatic carbocycles. The first-order chi connectivity index (χ1) is 12.8. The minimum absolute atomic E-state index is 0.121. The number of rotatable bonds is 14. The Balaban J connectivity index is 2.42. The fraction of sp³-hybridized carbons (Fsp3) is 0.818. The molecule has 5 nitrogen and oxygen atoms in total. The monoisotopic (exact) mass is 382 g/mol. The maximum atomic E-state index is 12.2. The second-order valence-electron chi connectivity index (χ2n) is 8.30. The summed E-state index contributed by atoms with van der Waals surface area (Å²) in [5.41, 5.74) is -0.735. The predicted octanol–water partition coefficient (Wildman–Crippen LogP) is 3.34. The van der Waals surface area contributed by atoms with Crippen molar-refractivity contribution in [2.45, 2.75) is 96.2 Å². The number of hydrogen-bond donors (Lipinski definition) is 3. The van der Waals surface area contributed by atoms with E-state index in [2.05, 4.69) is 6.92 Å². The molecule has 1 fully saturated rings. The van der Waals surface area contributed by atoms with E-state index in [-0.39, 0.29) is 36.4 Å². The highest BCUT2D eigenvalue weighted by Crippen LogP contribution is 2.34. The lowest BCUT2D eigenvalue weighted by Crippen LogP contribution is -2.23. The summed E-state index contributed by atoms with van der Waals surface area (Å²) < 4.78 is 0. The van der Waals surface area contributed by atoms with E-state index in [1.807, 2.05) is 19.1 Å². The van der Waals surface area contributed by atoms with Crippen LogP contribution in [0.4, 0.5) is 0 Å². The fourth-order valence-electron chi connectivity index (χ4n) is 3.85. The minimum atomic E-state index is -0.735. The molecule has 1 rings (SSSR count). The molecule has 0 aromatic heterocycles. The molecular formula is C22H38O5. The summed E-state index contributed by atoms with van der Waals surface area (Å²) in [6.45, 7) is 3.55. The molecule has 0 aliphatic heterocycles. The van der Waals surface area contributed by atoms with Crippen LogP contribution in [0.15, 0.2) is 12.2 Å². The SMILES string of the molecule is CCCCC(C)(O)CC=CC1C(O)CC(=O)C1CCCCCCC(=O)CO. The van der Waals surface area contributed by atoms with Gasteiger partial charge in [-0.1, -0.05) is 51.2 Å². The van der Waals surface area contributed by atoms with Crippen LogP contribution in [0.25, 0.3) is 0 Å².